The van der Waals surface area contributed by atoms with Crippen molar-refractivity contribution in [2.75, 3.05) is 26.8 Å². The second kappa shape index (κ2) is 9.22. The molecule has 0 saturated heterocycles. The monoisotopic (exact) mass is 349 g/mol. The Kier molecular flexibility index (Phi) is 7.29. The van der Waals surface area contributed by atoms with Gasteiger partial charge in [-0.15, -0.1) is 0 Å². The van der Waals surface area contributed by atoms with Crippen LogP contribution in [0.25, 0.3) is 0 Å². The summed E-state index contributed by atoms with van der Waals surface area (Å²) in [5.74, 6) is 0.866. The van der Waals surface area contributed by atoms with Gasteiger partial charge in [-0.25, -0.2) is 0 Å². The number of aliphatic imine (C=N–C) groups is 1. The fraction of sp³-hybridized carbons (Fsp3) is 0.789. The number of rotatable bonds is 8. The molecule has 0 radical (unpaired) electrons. The van der Waals surface area contributed by atoms with E-state index in [4.69, 9.17) is 4.74 Å². The molecule has 0 amide bonds. The van der Waals surface area contributed by atoms with Crippen LogP contribution in [0.5, 0.6) is 0 Å². The third-order valence-electron chi connectivity index (χ3n) is 5.59. The number of nitrogens with zero attached hydrogens (tertiary/aromatic N) is 3. The van der Waals surface area contributed by atoms with Crippen LogP contribution in [0.3, 0.4) is 0 Å². The molecule has 1 heterocycles. The van der Waals surface area contributed by atoms with Crippen LogP contribution in [-0.4, -0.2) is 42.5 Å². The number of guanidine groups is 1. The maximum Gasteiger partial charge on any atom is 0.191 e. The van der Waals surface area contributed by atoms with E-state index in [9.17, 15) is 0 Å². The minimum Gasteiger partial charge on any atom is -0.382 e. The number of aryl methyl sites for hydroxylation is 2. The molecule has 0 unspecified atom stereocenters. The molecule has 2 N–H and O–H groups in total. The maximum atomic E-state index is 5.60. The normalized spacial score (nSPS) is 17.1. The van der Waals surface area contributed by atoms with Crippen molar-refractivity contribution in [1.29, 1.82) is 0 Å². The lowest BCUT2D eigenvalue weighted by molar-refractivity contribution is 0.105. The first kappa shape index (κ1) is 19.8. The highest BCUT2D eigenvalue weighted by Crippen LogP contribution is 2.40. The van der Waals surface area contributed by atoms with Gasteiger partial charge in [0.25, 0.3) is 0 Å². The molecule has 1 fully saturated rings. The number of hydrogen-bond donors (Lipinski definition) is 2. The zero-order valence-corrected chi connectivity index (χ0v) is 16.6. The molecular formula is C19H35N5O. The molecule has 0 atom stereocenters. The minimum atomic E-state index is 0.354. The quantitative estimate of drug-likeness (QED) is 0.430. The van der Waals surface area contributed by atoms with Crippen molar-refractivity contribution in [3.05, 3.63) is 17.0 Å². The minimum absolute atomic E-state index is 0.354. The Balaban J connectivity index is 1.88. The molecule has 0 aliphatic heterocycles. The van der Waals surface area contributed by atoms with Crippen LogP contribution in [0.1, 0.15) is 56.0 Å². The van der Waals surface area contributed by atoms with Gasteiger partial charge in [0, 0.05) is 51.7 Å². The Morgan fingerprint density at radius 2 is 2.00 bits per heavy atom. The van der Waals surface area contributed by atoms with Crippen LogP contribution < -0.4 is 10.6 Å². The topological polar surface area (TPSA) is 63.5 Å². The summed E-state index contributed by atoms with van der Waals surface area (Å²) in [4.78, 5) is 4.39. The summed E-state index contributed by atoms with van der Waals surface area (Å²) in [5.41, 5.74) is 3.88. The standard InChI is InChI=1S/C19H35N5O/c1-6-25-12-11-19(9-7-8-10-19)14-22-18(20-4)21-13-17-15(2)23-24(5)16(17)3/h6-14H2,1-5H3,(H2,20,21,22). The van der Waals surface area contributed by atoms with Gasteiger partial charge in [0.1, 0.15) is 0 Å². The molecular weight excluding hydrogens is 314 g/mol. The van der Waals surface area contributed by atoms with E-state index in [2.05, 4.69) is 41.5 Å². The molecule has 6 heteroatoms. The number of aromatic nitrogens is 2. The molecule has 6 nitrogen and oxygen atoms in total. The number of hydrogen-bond acceptors (Lipinski definition) is 3. The van der Waals surface area contributed by atoms with E-state index in [1.165, 1.54) is 36.9 Å². The van der Waals surface area contributed by atoms with Gasteiger partial charge in [0.15, 0.2) is 5.96 Å². The zero-order valence-electron chi connectivity index (χ0n) is 16.6. The highest BCUT2D eigenvalue weighted by molar-refractivity contribution is 5.79. The molecule has 1 aromatic rings. The van der Waals surface area contributed by atoms with Crippen molar-refractivity contribution < 1.29 is 4.74 Å². The first-order valence-electron chi connectivity index (χ1n) is 9.52. The van der Waals surface area contributed by atoms with Gasteiger partial charge in [-0.05, 0) is 45.4 Å². The number of nitrogens with one attached hydrogen (secondary N) is 2. The SMILES string of the molecule is CCOCCC1(CNC(=NC)NCc2c(C)nn(C)c2C)CCCC1. The molecule has 2 rings (SSSR count). The van der Waals surface area contributed by atoms with Crippen LogP contribution in [0.4, 0.5) is 0 Å². The van der Waals surface area contributed by atoms with Crippen molar-refractivity contribution in [2.24, 2.45) is 17.5 Å². The summed E-state index contributed by atoms with van der Waals surface area (Å²) in [5, 5.41) is 11.5. The first-order chi connectivity index (χ1) is 12.0. The summed E-state index contributed by atoms with van der Waals surface area (Å²) in [6.45, 7) is 9.60. The zero-order chi connectivity index (χ0) is 18.3. The van der Waals surface area contributed by atoms with Crippen LogP contribution in [0.15, 0.2) is 4.99 Å². The smallest absolute Gasteiger partial charge is 0.191 e. The lowest BCUT2D eigenvalue weighted by atomic mass is 9.83. The molecule has 0 aromatic carbocycles. The van der Waals surface area contributed by atoms with E-state index in [0.29, 0.717) is 5.41 Å². The molecule has 1 aliphatic carbocycles. The van der Waals surface area contributed by atoms with E-state index >= 15 is 0 Å². The summed E-state index contributed by atoms with van der Waals surface area (Å²) >= 11 is 0. The Morgan fingerprint density at radius 1 is 1.28 bits per heavy atom. The van der Waals surface area contributed by atoms with E-state index in [1.807, 2.05) is 18.8 Å². The Hall–Kier alpha value is -1.56. The summed E-state index contributed by atoms with van der Waals surface area (Å²) < 4.78 is 7.54. The van der Waals surface area contributed by atoms with Gasteiger partial charge in [0.05, 0.1) is 5.69 Å². The van der Waals surface area contributed by atoms with Crippen molar-refractivity contribution in [3.63, 3.8) is 0 Å². The van der Waals surface area contributed by atoms with Crippen molar-refractivity contribution in [1.82, 2.24) is 20.4 Å². The molecule has 1 aromatic heterocycles. The maximum absolute atomic E-state index is 5.60. The average Bonchev–Trinajstić information content (AvgIpc) is 3.15. The number of ether oxygens (including phenoxy) is 1. The highest BCUT2D eigenvalue weighted by atomic mass is 16.5. The van der Waals surface area contributed by atoms with Gasteiger partial charge in [-0.1, -0.05) is 12.8 Å². The third-order valence-corrected chi connectivity index (χ3v) is 5.59. The van der Waals surface area contributed by atoms with Crippen molar-refractivity contribution in [3.8, 4) is 0 Å². The van der Waals surface area contributed by atoms with E-state index in [-0.39, 0.29) is 0 Å². The second-order valence-electron chi connectivity index (χ2n) is 7.21. The van der Waals surface area contributed by atoms with Crippen molar-refractivity contribution in [2.45, 2.75) is 59.4 Å². The molecule has 25 heavy (non-hydrogen) atoms. The van der Waals surface area contributed by atoms with E-state index in [1.54, 1.807) is 0 Å². The fourth-order valence-electron chi connectivity index (χ4n) is 3.81. The van der Waals surface area contributed by atoms with Gasteiger partial charge >= 0.3 is 0 Å². The summed E-state index contributed by atoms with van der Waals surface area (Å²) in [7, 11) is 3.82. The largest absolute Gasteiger partial charge is 0.382 e. The second-order valence-corrected chi connectivity index (χ2v) is 7.21. The predicted octanol–water partition coefficient (Wildman–Crippen LogP) is 2.69. The van der Waals surface area contributed by atoms with Gasteiger partial charge in [-0.3, -0.25) is 9.67 Å². The Morgan fingerprint density at radius 3 is 2.56 bits per heavy atom. The predicted molar refractivity (Wildman–Crippen MR) is 103 cm³/mol. The first-order valence-corrected chi connectivity index (χ1v) is 9.52. The van der Waals surface area contributed by atoms with Gasteiger partial charge in [-0.2, -0.15) is 5.10 Å². The molecule has 1 saturated carbocycles. The van der Waals surface area contributed by atoms with Crippen LogP contribution >= 0.6 is 0 Å². The van der Waals surface area contributed by atoms with Gasteiger partial charge in [0.2, 0.25) is 0 Å². The van der Waals surface area contributed by atoms with Crippen LogP contribution in [-0.2, 0) is 18.3 Å². The molecule has 142 valence electrons. The summed E-state index contributed by atoms with van der Waals surface area (Å²) in [6, 6.07) is 0. The molecule has 0 bridgehead atoms. The van der Waals surface area contributed by atoms with Crippen molar-refractivity contribution >= 4 is 5.96 Å². The average molecular weight is 350 g/mol. The van der Waals surface area contributed by atoms with E-state index < -0.39 is 0 Å². The summed E-state index contributed by atoms with van der Waals surface area (Å²) in [6.07, 6.45) is 6.35. The Labute approximate surface area is 152 Å². The lowest BCUT2D eigenvalue weighted by Gasteiger charge is -2.30. The lowest BCUT2D eigenvalue weighted by Crippen LogP contribution is -2.43. The van der Waals surface area contributed by atoms with Crippen LogP contribution in [0, 0.1) is 19.3 Å². The van der Waals surface area contributed by atoms with E-state index in [0.717, 1.165) is 44.4 Å². The van der Waals surface area contributed by atoms with Crippen LogP contribution in [0.2, 0.25) is 0 Å². The molecule has 0 spiro atoms. The third kappa shape index (κ3) is 5.21. The highest BCUT2D eigenvalue weighted by Gasteiger charge is 2.33. The Bertz CT molecular complexity index is 573. The molecule has 1 aliphatic rings. The van der Waals surface area contributed by atoms with Gasteiger partial charge < -0.3 is 15.4 Å². The fourth-order valence-corrected chi connectivity index (χ4v) is 3.81.